The van der Waals surface area contributed by atoms with E-state index in [1.807, 2.05) is 0 Å². The highest BCUT2D eigenvalue weighted by Crippen LogP contribution is 2.50. The number of rotatable bonds is 12. The van der Waals surface area contributed by atoms with Crippen LogP contribution >= 0.6 is 0 Å². The fourth-order valence-corrected chi connectivity index (χ4v) is 6.70. The lowest BCUT2D eigenvalue weighted by Gasteiger charge is -2.29. The van der Waals surface area contributed by atoms with Crippen molar-refractivity contribution in [3.8, 4) is 17.2 Å². The Bertz CT molecular complexity index is 1850. The minimum atomic E-state index is -0.578. The smallest absolute Gasteiger partial charge is 0.202 e. The number of phenols is 2. The Morgan fingerprint density at radius 1 is 0.612 bits per heavy atom. The van der Waals surface area contributed by atoms with E-state index in [2.05, 4.69) is 109 Å². The van der Waals surface area contributed by atoms with Gasteiger partial charge in [0.25, 0.3) is 0 Å². The zero-order valence-corrected chi connectivity index (χ0v) is 30.2. The molecule has 0 amide bonds. The molecule has 49 heavy (non-hydrogen) atoms. The summed E-state index contributed by atoms with van der Waals surface area (Å²) in [5, 5.41) is 29.2. The number of anilines is 4. The van der Waals surface area contributed by atoms with Gasteiger partial charge < -0.3 is 25.6 Å². The largest absolute Gasteiger partial charge is 0.507 e. The molecule has 0 radical (unpaired) electrons. The van der Waals surface area contributed by atoms with E-state index in [-0.39, 0.29) is 63.2 Å². The van der Waals surface area contributed by atoms with Gasteiger partial charge in [0.15, 0.2) is 11.5 Å². The van der Waals surface area contributed by atoms with Crippen molar-refractivity contribution in [1.82, 2.24) is 0 Å². The molecule has 0 atom stereocenters. The Hall–Kier alpha value is -4.78. The first-order valence-electron chi connectivity index (χ1n) is 17.6. The van der Waals surface area contributed by atoms with Crippen LogP contribution in [0.2, 0.25) is 0 Å². The minimum absolute atomic E-state index is 0.0666. The third-order valence-corrected chi connectivity index (χ3v) is 9.37. The van der Waals surface area contributed by atoms with Crippen molar-refractivity contribution in [1.29, 1.82) is 0 Å². The van der Waals surface area contributed by atoms with Crippen molar-refractivity contribution >= 4 is 34.3 Å². The van der Waals surface area contributed by atoms with E-state index in [1.54, 1.807) is 6.07 Å². The normalized spacial score (nSPS) is 12.6. The first-order chi connectivity index (χ1) is 23.3. The van der Waals surface area contributed by atoms with Crippen LogP contribution in [0.1, 0.15) is 153 Å². The van der Waals surface area contributed by atoms with Gasteiger partial charge in [-0.1, -0.05) is 105 Å². The van der Waals surface area contributed by atoms with E-state index in [4.69, 9.17) is 4.74 Å². The van der Waals surface area contributed by atoms with Crippen molar-refractivity contribution in [3.63, 3.8) is 0 Å². The number of benzene rings is 4. The van der Waals surface area contributed by atoms with Crippen LogP contribution in [0.25, 0.3) is 0 Å². The van der Waals surface area contributed by atoms with Gasteiger partial charge in [-0.2, -0.15) is 0 Å². The molecule has 0 fully saturated rings. The van der Waals surface area contributed by atoms with Gasteiger partial charge in [0.1, 0.15) is 17.2 Å². The maximum atomic E-state index is 14.4. The standard InChI is InChI=1S/C42H50N2O5/c1-10-11-20-49-42-34-30(40(47)35-32(45)18-19-33(46)36(35)41(34)48)21-31(43-37-26(22(2)3)14-12-15-27(37)23(4)5)39(42)44-38-28(24(6)7)16-13-17-29(38)25(8)9/h12-19,21-25,43-46H,10-11,20H2,1-9H3. The first kappa shape index (κ1) is 35.5. The second-order valence-electron chi connectivity index (χ2n) is 14.3. The lowest BCUT2D eigenvalue weighted by atomic mass is 9.81. The predicted molar refractivity (Wildman–Crippen MR) is 199 cm³/mol. The quantitative estimate of drug-likeness (QED) is 0.0777. The maximum absolute atomic E-state index is 14.4. The first-order valence-corrected chi connectivity index (χ1v) is 17.6. The van der Waals surface area contributed by atoms with Gasteiger partial charge in [-0.3, -0.25) is 9.59 Å². The summed E-state index contributed by atoms with van der Waals surface area (Å²) in [5.74, 6) is -0.867. The Labute approximate surface area is 290 Å². The van der Waals surface area contributed by atoms with E-state index in [9.17, 15) is 19.8 Å². The van der Waals surface area contributed by atoms with Crippen LogP contribution in [-0.4, -0.2) is 28.4 Å². The SMILES string of the molecule is CCCCOc1c(Nc2c(C(C)C)cccc2C(C)C)c(Nc2c(C(C)C)cccc2C(C)C)cc2c1C(=O)c1c(O)ccc(O)c1C2=O. The highest BCUT2D eigenvalue weighted by Gasteiger charge is 2.39. The summed E-state index contributed by atoms with van der Waals surface area (Å²) in [5.41, 5.74) is 7.14. The van der Waals surface area contributed by atoms with Gasteiger partial charge in [0.2, 0.25) is 5.78 Å². The molecular formula is C42H50N2O5. The molecule has 0 unspecified atom stereocenters. The van der Waals surface area contributed by atoms with Crippen LogP contribution in [0.3, 0.4) is 0 Å². The summed E-state index contributed by atoms with van der Waals surface area (Å²) < 4.78 is 6.57. The molecule has 0 heterocycles. The number of carbonyl (C=O) groups excluding carboxylic acids is 2. The van der Waals surface area contributed by atoms with Crippen LogP contribution in [-0.2, 0) is 0 Å². The highest BCUT2D eigenvalue weighted by atomic mass is 16.5. The van der Waals surface area contributed by atoms with Crippen molar-refractivity contribution in [3.05, 3.63) is 99.1 Å². The van der Waals surface area contributed by atoms with E-state index in [0.717, 1.165) is 46.5 Å². The molecule has 7 nitrogen and oxygen atoms in total. The van der Waals surface area contributed by atoms with Gasteiger partial charge in [-0.25, -0.2) is 0 Å². The molecule has 0 saturated carbocycles. The van der Waals surface area contributed by atoms with Gasteiger partial charge in [-0.15, -0.1) is 0 Å². The Morgan fingerprint density at radius 2 is 1.06 bits per heavy atom. The van der Waals surface area contributed by atoms with Gasteiger partial charge in [0, 0.05) is 16.9 Å². The maximum Gasteiger partial charge on any atom is 0.202 e. The van der Waals surface area contributed by atoms with Gasteiger partial charge in [0.05, 0.1) is 29.0 Å². The number of unbranched alkanes of at least 4 members (excludes halogenated alkanes) is 1. The molecule has 5 rings (SSSR count). The number of aromatic hydroxyl groups is 2. The molecule has 4 aromatic rings. The van der Waals surface area contributed by atoms with E-state index >= 15 is 0 Å². The summed E-state index contributed by atoms with van der Waals surface area (Å²) >= 11 is 0. The molecule has 258 valence electrons. The fourth-order valence-electron chi connectivity index (χ4n) is 6.70. The number of fused-ring (bicyclic) bond motifs is 2. The van der Waals surface area contributed by atoms with Crippen molar-refractivity contribution in [2.24, 2.45) is 0 Å². The molecule has 0 spiro atoms. The molecule has 1 aliphatic rings. The summed E-state index contributed by atoms with van der Waals surface area (Å²) in [6.45, 7) is 19.6. The number of carbonyl (C=O) groups is 2. The average Bonchev–Trinajstić information content (AvgIpc) is 3.05. The number of hydrogen-bond donors (Lipinski definition) is 4. The predicted octanol–water partition coefficient (Wildman–Crippen LogP) is 11.0. The average molecular weight is 663 g/mol. The van der Waals surface area contributed by atoms with Gasteiger partial charge >= 0.3 is 0 Å². The zero-order valence-electron chi connectivity index (χ0n) is 30.2. The van der Waals surface area contributed by atoms with Crippen LogP contribution in [0.15, 0.2) is 54.6 Å². The Kier molecular flexibility index (Phi) is 10.4. The number of phenolic OH excluding ortho intramolecular Hbond substituents is 2. The van der Waals surface area contributed by atoms with Crippen molar-refractivity contribution < 1.29 is 24.5 Å². The third kappa shape index (κ3) is 6.63. The van der Waals surface area contributed by atoms with Crippen LogP contribution in [0.5, 0.6) is 17.2 Å². The van der Waals surface area contributed by atoms with Crippen LogP contribution in [0, 0.1) is 0 Å². The summed E-state index contributed by atoms with van der Waals surface area (Å²) in [7, 11) is 0. The zero-order chi connectivity index (χ0) is 35.7. The molecule has 4 aromatic carbocycles. The van der Waals surface area contributed by atoms with E-state index < -0.39 is 11.6 Å². The Morgan fingerprint density at radius 3 is 1.51 bits per heavy atom. The molecule has 4 N–H and O–H groups in total. The Balaban J connectivity index is 1.90. The number of ketones is 2. The number of nitrogens with one attached hydrogen (secondary N) is 2. The molecule has 0 aromatic heterocycles. The van der Waals surface area contributed by atoms with Crippen molar-refractivity contribution in [2.45, 2.75) is 98.8 Å². The number of hydrogen-bond acceptors (Lipinski definition) is 7. The minimum Gasteiger partial charge on any atom is -0.507 e. The lowest BCUT2D eigenvalue weighted by Crippen LogP contribution is -2.24. The van der Waals surface area contributed by atoms with Gasteiger partial charge in [-0.05, 0) is 70.5 Å². The van der Waals surface area contributed by atoms with Crippen LogP contribution < -0.4 is 15.4 Å². The molecule has 1 aliphatic carbocycles. The lowest BCUT2D eigenvalue weighted by molar-refractivity contribution is 0.0971. The summed E-state index contributed by atoms with van der Waals surface area (Å²) in [6.07, 6.45) is 1.59. The van der Waals surface area contributed by atoms with E-state index in [1.165, 1.54) is 12.1 Å². The van der Waals surface area contributed by atoms with Crippen molar-refractivity contribution in [2.75, 3.05) is 17.2 Å². The number of ether oxygens (including phenoxy) is 1. The van der Waals surface area contributed by atoms with E-state index in [0.29, 0.717) is 18.0 Å². The molecule has 0 saturated heterocycles. The monoisotopic (exact) mass is 662 g/mol. The second kappa shape index (κ2) is 14.4. The fraction of sp³-hybridized carbons (Fsp3) is 0.381. The molecule has 0 aliphatic heterocycles. The topological polar surface area (TPSA) is 108 Å². The summed E-state index contributed by atoms with van der Waals surface area (Å²) in [4.78, 5) is 28.7. The molecule has 7 heteroatoms. The highest BCUT2D eigenvalue weighted by molar-refractivity contribution is 6.32. The molecule has 0 bridgehead atoms. The number of para-hydroxylation sites is 2. The third-order valence-electron chi connectivity index (χ3n) is 9.37. The van der Waals surface area contributed by atoms with Crippen LogP contribution in [0.4, 0.5) is 22.7 Å². The second-order valence-corrected chi connectivity index (χ2v) is 14.3. The molecular weight excluding hydrogens is 612 g/mol. The summed E-state index contributed by atoms with van der Waals surface area (Å²) in [6, 6.07) is 16.8.